The van der Waals surface area contributed by atoms with Crippen molar-refractivity contribution >= 4 is 24.1 Å². The van der Waals surface area contributed by atoms with Crippen molar-refractivity contribution in [3.8, 4) is 0 Å². The molecule has 0 saturated carbocycles. The summed E-state index contributed by atoms with van der Waals surface area (Å²) in [5, 5.41) is 36.0. The average Bonchev–Trinajstić information content (AvgIpc) is 2.91. The number of nitrogens with one attached hydrogen (secondary N) is 1. The van der Waals surface area contributed by atoms with Crippen molar-refractivity contribution in [1.82, 2.24) is 9.55 Å². The van der Waals surface area contributed by atoms with Gasteiger partial charge >= 0.3 is 0 Å². The summed E-state index contributed by atoms with van der Waals surface area (Å²) in [5.74, 6) is -0.148. The largest absolute Gasteiger partial charge is 0.480 e. The van der Waals surface area contributed by atoms with Crippen molar-refractivity contribution in [3.63, 3.8) is 0 Å². The molecular weight excluding hydrogens is 292 g/mol. The Bertz CT molecular complexity index is 482. The van der Waals surface area contributed by atoms with E-state index in [1.54, 1.807) is 0 Å². The van der Waals surface area contributed by atoms with Gasteiger partial charge in [0.2, 0.25) is 5.90 Å². The van der Waals surface area contributed by atoms with E-state index in [1.807, 2.05) is 0 Å². The minimum atomic E-state index is -1.25. The van der Waals surface area contributed by atoms with Gasteiger partial charge < -0.3 is 30.5 Å². The van der Waals surface area contributed by atoms with E-state index in [4.69, 9.17) is 25.7 Å². The maximum Gasteiger partial charge on any atom is 0.236 e. The number of aliphatic hydroxyl groups excluding tert-OH is 3. The fraction of sp³-hybridized carbons (Fsp3) is 0.600. The number of nitrogen functional groups attached to an aromatic ring is 1. The van der Waals surface area contributed by atoms with Gasteiger partial charge in [-0.15, -0.1) is 12.4 Å². The first-order chi connectivity index (χ1) is 9.01. The number of hydrogen-bond donors (Lipinski definition) is 5. The molecule has 0 aliphatic carbocycles. The van der Waals surface area contributed by atoms with E-state index in [-0.39, 0.29) is 29.8 Å². The number of aliphatic hydroxyl groups is 3. The monoisotopic (exact) mass is 308 g/mol. The zero-order valence-electron chi connectivity index (χ0n) is 10.6. The van der Waals surface area contributed by atoms with E-state index in [0.717, 1.165) is 0 Å². The van der Waals surface area contributed by atoms with Gasteiger partial charge in [0.25, 0.3) is 0 Å². The van der Waals surface area contributed by atoms with Gasteiger partial charge in [-0.3, -0.25) is 9.98 Å². The molecule has 1 fully saturated rings. The quantitative estimate of drug-likeness (QED) is 0.336. The molecule has 10 heteroatoms. The van der Waals surface area contributed by atoms with Crippen LogP contribution >= 0.6 is 12.4 Å². The molecule has 0 amide bonds. The van der Waals surface area contributed by atoms with Gasteiger partial charge in [0.15, 0.2) is 11.9 Å². The summed E-state index contributed by atoms with van der Waals surface area (Å²) >= 11 is 0. The number of nitrogens with zero attached hydrogens (tertiary/aromatic N) is 2. The second-order valence-electron chi connectivity index (χ2n) is 4.15. The first-order valence-corrected chi connectivity index (χ1v) is 5.59. The van der Waals surface area contributed by atoms with Gasteiger partial charge in [0.1, 0.15) is 24.1 Å². The number of hydrogen-bond acceptors (Lipinski definition) is 8. The summed E-state index contributed by atoms with van der Waals surface area (Å²) in [6.45, 7) is -0.427. The highest BCUT2D eigenvalue weighted by Gasteiger charge is 2.44. The summed E-state index contributed by atoms with van der Waals surface area (Å²) in [7, 11) is 1.31. The molecule has 1 aromatic heterocycles. The maximum atomic E-state index is 9.87. The highest BCUT2D eigenvalue weighted by atomic mass is 35.5. The Morgan fingerprint density at radius 1 is 1.55 bits per heavy atom. The van der Waals surface area contributed by atoms with Crippen LogP contribution in [0.4, 0.5) is 5.82 Å². The van der Waals surface area contributed by atoms with Crippen LogP contribution in [-0.4, -0.2) is 62.8 Å². The lowest BCUT2D eigenvalue weighted by molar-refractivity contribution is -0.0518. The van der Waals surface area contributed by atoms with Crippen LogP contribution < -0.4 is 5.73 Å². The molecular formula is C10H17ClN4O5. The van der Waals surface area contributed by atoms with Gasteiger partial charge in [-0.2, -0.15) is 0 Å². The molecule has 114 valence electrons. The SMILES string of the molecule is COC(=N)c1ncn([C@@H]2O[C@H](CO)[C@@H](O)[C@H]2O)c1N.Cl. The van der Waals surface area contributed by atoms with Gasteiger partial charge in [0, 0.05) is 0 Å². The zero-order chi connectivity index (χ0) is 14.2. The number of ether oxygens (including phenoxy) is 2. The maximum absolute atomic E-state index is 9.87. The van der Waals surface area contributed by atoms with Crippen molar-refractivity contribution in [2.24, 2.45) is 0 Å². The van der Waals surface area contributed by atoms with Gasteiger partial charge in [-0.25, -0.2) is 4.98 Å². The third kappa shape index (κ3) is 2.58. The minimum absolute atomic E-state index is 0. The summed E-state index contributed by atoms with van der Waals surface area (Å²) in [6, 6.07) is 0. The number of methoxy groups -OCH3 is 1. The number of imidazole rings is 1. The molecule has 0 unspecified atom stereocenters. The van der Waals surface area contributed by atoms with Crippen molar-refractivity contribution < 1.29 is 24.8 Å². The first-order valence-electron chi connectivity index (χ1n) is 5.59. The molecule has 2 rings (SSSR count). The predicted molar refractivity (Wildman–Crippen MR) is 70.7 cm³/mol. The summed E-state index contributed by atoms with van der Waals surface area (Å²) in [5.41, 5.74) is 5.91. The fourth-order valence-corrected chi connectivity index (χ4v) is 1.95. The molecule has 0 aromatic carbocycles. The van der Waals surface area contributed by atoms with E-state index in [2.05, 4.69) is 4.98 Å². The van der Waals surface area contributed by atoms with Crippen molar-refractivity contribution in [2.75, 3.05) is 19.5 Å². The van der Waals surface area contributed by atoms with Crippen molar-refractivity contribution in [1.29, 1.82) is 5.41 Å². The number of halogens is 1. The Morgan fingerprint density at radius 2 is 2.20 bits per heavy atom. The summed E-state index contributed by atoms with van der Waals surface area (Å²) in [6.07, 6.45) is -3.07. The molecule has 0 bridgehead atoms. The molecule has 2 heterocycles. The molecule has 1 aromatic rings. The van der Waals surface area contributed by atoms with Crippen molar-refractivity contribution in [2.45, 2.75) is 24.5 Å². The molecule has 0 spiro atoms. The molecule has 0 radical (unpaired) electrons. The van der Waals surface area contributed by atoms with Gasteiger partial charge in [-0.1, -0.05) is 0 Å². The Labute approximate surface area is 120 Å². The normalized spacial score (nSPS) is 29.0. The Balaban J connectivity index is 0.00000200. The van der Waals surface area contributed by atoms with Gasteiger partial charge in [0.05, 0.1) is 20.0 Å². The van der Waals surface area contributed by atoms with Crippen molar-refractivity contribution in [3.05, 3.63) is 12.0 Å². The molecule has 4 atom stereocenters. The van der Waals surface area contributed by atoms with Crippen LogP contribution in [0.15, 0.2) is 6.33 Å². The molecule has 20 heavy (non-hydrogen) atoms. The highest BCUT2D eigenvalue weighted by Crippen LogP contribution is 2.31. The number of rotatable bonds is 3. The van der Waals surface area contributed by atoms with Gasteiger partial charge in [-0.05, 0) is 0 Å². The molecule has 6 N–H and O–H groups in total. The third-order valence-electron chi connectivity index (χ3n) is 3.04. The first kappa shape index (κ1) is 16.7. The lowest BCUT2D eigenvalue weighted by Crippen LogP contribution is -2.33. The van der Waals surface area contributed by atoms with Crippen LogP contribution in [0.3, 0.4) is 0 Å². The Hall–Kier alpha value is -1.39. The smallest absolute Gasteiger partial charge is 0.236 e. The van der Waals surface area contributed by atoms with E-state index in [1.165, 1.54) is 18.0 Å². The number of anilines is 1. The minimum Gasteiger partial charge on any atom is -0.480 e. The lowest BCUT2D eigenvalue weighted by atomic mass is 10.1. The van der Waals surface area contributed by atoms with Crippen LogP contribution in [0.2, 0.25) is 0 Å². The Kier molecular flexibility index (Phi) is 5.31. The molecule has 9 nitrogen and oxygen atoms in total. The lowest BCUT2D eigenvalue weighted by Gasteiger charge is -2.17. The van der Waals surface area contributed by atoms with Crippen LogP contribution in [0.1, 0.15) is 11.9 Å². The van der Waals surface area contributed by atoms with E-state index < -0.39 is 31.1 Å². The van der Waals surface area contributed by atoms with Crippen LogP contribution in [0.25, 0.3) is 0 Å². The topological polar surface area (TPSA) is 147 Å². The molecule has 1 aliphatic rings. The number of aromatic nitrogens is 2. The summed E-state index contributed by atoms with van der Waals surface area (Å²) in [4.78, 5) is 3.89. The Morgan fingerprint density at radius 3 is 2.70 bits per heavy atom. The fourth-order valence-electron chi connectivity index (χ4n) is 1.95. The van der Waals surface area contributed by atoms with E-state index >= 15 is 0 Å². The molecule has 1 aliphatic heterocycles. The van der Waals surface area contributed by atoms with E-state index in [0.29, 0.717) is 0 Å². The summed E-state index contributed by atoms with van der Waals surface area (Å²) < 4.78 is 11.3. The molecule has 1 saturated heterocycles. The standard InChI is InChI=1S/C10H16N4O5.ClH/c1-18-9(12)5-8(11)14(3-13-5)10-7(17)6(16)4(2-15)19-10;/h3-4,6-7,10,12,15-17H,2,11H2,1H3;1H/t4-,6-,7-,10-;/m1./s1. The van der Waals surface area contributed by atoms with Crippen LogP contribution in [-0.2, 0) is 9.47 Å². The van der Waals surface area contributed by atoms with Crippen LogP contribution in [0, 0.1) is 5.41 Å². The predicted octanol–water partition coefficient (Wildman–Crippen LogP) is -1.53. The van der Waals surface area contributed by atoms with Crippen LogP contribution in [0.5, 0.6) is 0 Å². The second-order valence-corrected chi connectivity index (χ2v) is 4.15. The van der Waals surface area contributed by atoms with E-state index in [9.17, 15) is 10.2 Å². The number of nitrogens with two attached hydrogens (primary N) is 1. The average molecular weight is 309 g/mol. The zero-order valence-corrected chi connectivity index (χ0v) is 11.4. The highest BCUT2D eigenvalue weighted by molar-refractivity contribution is 5.94. The second kappa shape index (κ2) is 6.37. The third-order valence-corrected chi connectivity index (χ3v) is 3.04.